The lowest BCUT2D eigenvalue weighted by Crippen LogP contribution is -2.49. The number of aryl methyl sites for hydroxylation is 1. The molecule has 0 atom stereocenters. The van der Waals surface area contributed by atoms with E-state index < -0.39 is 0 Å². The molecule has 1 saturated heterocycles. The van der Waals surface area contributed by atoms with Crippen LogP contribution < -0.4 is 4.90 Å². The van der Waals surface area contributed by atoms with Crippen LogP contribution in [0.4, 0.5) is 5.95 Å². The van der Waals surface area contributed by atoms with Crippen LogP contribution in [-0.2, 0) is 0 Å². The minimum atomic E-state index is 0.0823. The van der Waals surface area contributed by atoms with E-state index in [9.17, 15) is 4.79 Å². The maximum absolute atomic E-state index is 12.9. The second-order valence-corrected chi connectivity index (χ2v) is 8.96. The highest BCUT2D eigenvalue weighted by atomic mass is 79.9. The fraction of sp³-hybridized carbons (Fsp3) is 0.192. The largest absolute Gasteiger partial charge is 0.337 e. The molecule has 0 saturated carbocycles. The Morgan fingerprint density at radius 3 is 2.31 bits per heavy atom. The van der Waals surface area contributed by atoms with Crippen molar-refractivity contribution in [3.63, 3.8) is 0 Å². The summed E-state index contributed by atoms with van der Waals surface area (Å²) < 4.78 is 1.00. The normalized spacial score (nSPS) is 14.1. The Hall–Kier alpha value is -3.25. The Labute approximate surface area is 195 Å². The van der Waals surface area contributed by atoms with Crippen LogP contribution in [0.3, 0.4) is 0 Å². The summed E-state index contributed by atoms with van der Waals surface area (Å²) in [4.78, 5) is 26.8. The van der Waals surface area contributed by atoms with Gasteiger partial charge >= 0.3 is 0 Å². The quantitative estimate of drug-likeness (QED) is 0.392. The zero-order valence-electron chi connectivity index (χ0n) is 17.8. The number of benzene rings is 3. The van der Waals surface area contributed by atoms with Crippen molar-refractivity contribution in [1.29, 1.82) is 0 Å². The number of hydrogen-bond donors (Lipinski definition) is 0. The van der Waals surface area contributed by atoms with E-state index >= 15 is 0 Å². The van der Waals surface area contributed by atoms with Crippen LogP contribution in [0, 0.1) is 6.92 Å². The number of rotatable bonds is 3. The van der Waals surface area contributed by atoms with E-state index in [-0.39, 0.29) is 5.91 Å². The molecule has 32 heavy (non-hydrogen) atoms. The van der Waals surface area contributed by atoms with Crippen molar-refractivity contribution in [3.05, 3.63) is 88.4 Å². The summed E-state index contributed by atoms with van der Waals surface area (Å²) >= 11 is 3.57. The number of carbonyl (C=O) groups is 1. The highest BCUT2D eigenvalue weighted by molar-refractivity contribution is 9.10. The molecule has 0 aliphatic carbocycles. The smallest absolute Gasteiger partial charge is 0.253 e. The van der Waals surface area contributed by atoms with Crippen LogP contribution >= 0.6 is 15.9 Å². The number of aromatic nitrogens is 2. The first-order chi connectivity index (χ1) is 15.6. The van der Waals surface area contributed by atoms with Gasteiger partial charge in [0.25, 0.3) is 5.91 Å². The number of anilines is 1. The van der Waals surface area contributed by atoms with Crippen LogP contribution in [0.1, 0.15) is 15.9 Å². The number of nitrogens with zero attached hydrogens (tertiary/aromatic N) is 4. The second-order valence-electron chi connectivity index (χ2n) is 8.04. The Morgan fingerprint density at radius 2 is 1.59 bits per heavy atom. The summed E-state index contributed by atoms with van der Waals surface area (Å²) in [5.74, 6) is 0.792. The van der Waals surface area contributed by atoms with Crippen molar-refractivity contribution >= 4 is 38.7 Å². The van der Waals surface area contributed by atoms with E-state index in [2.05, 4.69) is 39.0 Å². The molecule has 5 nitrogen and oxygen atoms in total. The molecule has 4 aromatic rings. The molecule has 0 bridgehead atoms. The first kappa shape index (κ1) is 20.6. The molecule has 3 aromatic carbocycles. The van der Waals surface area contributed by atoms with Crippen molar-refractivity contribution in [2.45, 2.75) is 6.92 Å². The van der Waals surface area contributed by atoms with E-state index in [4.69, 9.17) is 9.97 Å². The van der Waals surface area contributed by atoms with Crippen molar-refractivity contribution in [2.24, 2.45) is 0 Å². The molecule has 5 rings (SSSR count). The fourth-order valence-corrected chi connectivity index (χ4v) is 4.40. The van der Waals surface area contributed by atoms with Gasteiger partial charge in [0.15, 0.2) is 0 Å². The Kier molecular flexibility index (Phi) is 5.62. The second kappa shape index (κ2) is 8.71. The third-order valence-electron chi connectivity index (χ3n) is 5.84. The number of piperazine rings is 1. The van der Waals surface area contributed by atoms with Crippen molar-refractivity contribution in [1.82, 2.24) is 14.9 Å². The third kappa shape index (κ3) is 4.10. The summed E-state index contributed by atoms with van der Waals surface area (Å²) in [6.07, 6.45) is 0. The lowest BCUT2D eigenvalue weighted by molar-refractivity contribution is 0.0746. The van der Waals surface area contributed by atoms with Crippen LogP contribution in [0.25, 0.3) is 22.2 Å². The Balaban J connectivity index is 1.41. The third-order valence-corrected chi connectivity index (χ3v) is 6.33. The summed E-state index contributed by atoms with van der Waals surface area (Å²) in [5, 5.41) is 1.02. The molecule has 0 unspecified atom stereocenters. The molecule has 1 fully saturated rings. The van der Waals surface area contributed by atoms with Gasteiger partial charge in [0.05, 0.1) is 11.2 Å². The predicted octanol–water partition coefficient (Wildman–Crippen LogP) is 5.33. The molecule has 0 spiro atoms. The molecular formula is C26H23BrN4O. The molecule has 0 radical (unpaired) electrons. The van der Waals surface area contributed by atoms with Gasteiger partial charge in [-0.25, -0.2) is 9.97 Å². The fourth-order valence-electron chi connectivity index (χ4n) is 4.03. The van der Waals surface area contributed by atoms with Crippen molar-refractivity contribution in [2.75, 3.05) is 31.1 Å². The summed E-state index contributed by atoms with van der Waals surface area (Å²) in [6.45, 7) is 4.73. The molecule has 6 heteroatoms. The topological polar surface area (TPSA) is 49.3 Å². The van der Waals surface area contributed by atoms with Gasteiger partial charge in [0, 0.05) is 47.2 Å². The lowest BCUT2D eigenvalue weighted by atomic mass is 10.1. The number of carbonyl (C=O) groups excluding carboxylic acids is 1. The molecule has 2 heterocycles. The molecular weight excluding hydrogens is 464 g/mol. The highest BCUT2D eigenvalue weighted by Crippen LogP contribution is 2.30. The average Bonchev–Trinajstić information content (AvgIpc) is 2.84. The van der Waals surface area contributed by atoms with Crippen LogP contribution in [0.2, 0.25) is 0 Å². The molecule has 160 valence electrons. The maximum Gasteiger partial charge on any atom is 0.253 e. The van der Waals surface area contributed by atoms with E-state index in [1.807, 2.05) is 66.4 Å². The average molecular weight is 487 g/mol. The zero-order chi connectivity index (χ0) is 22.1. The van der Waals surface area contributed by atoms with Crippen LogP contribution in [0.5, 0.6) is 0 Å². The number of fused-ring (bicyclic) bond motifs is 1. The first-order valence-electron chi connectivity index (χ1n) is 10.7. The summed E-state index contributed by atoms with van der Waals surface area (Å²) in [6, 6.07) is 24.1. The number of amides is 1. The van der Waals surface area contributed by atoms with Gasteiger partial charge in [-0.1, -0.05) is 64.0 Å². The molecule has 0 N–H and O–H groups in total. The summed E-state index contributed by atoms with van der Waals surface area (Å²) in [5.41, 5.74) is 4.79. The molecule has 1 aromatic heterocycles. The van der Waals surface area contributed by atoms with E-state index in [1.165, 1.54) is 0 Å². The zero-order valence-corrected chi connectivity index (χ0v) is 19.4. The standard InChI is InChI=1S/C26H23BrN4O/c1-18-7-9-20(10-8-18)25(32)30-13-15-31(16-14-30)26-28-23-12-11-21(27)17-22(23)24(29-26)19-5-3-2-4-6-19/h2-12,17H,13-16H2,1H3. The summed E-state index contributed by atoms with van der Waals surface area (Å²) in [7, 11) is 0. The minimum absolute atomic E-state index is 0.0823. The number of halogens is 1. The van der Waals surface area contributed by atoms with Gasteiger partial charge in [0.1, 0.15) is 0 Å². The highest BCUT2D eigenvalue weighted by Gasteiger charge is 2.24. The molecule has 1 aliphatic heterocycles. The van der Waals surface area contributed by atoms with Crippen LogP contribution in [-0.4, -0.2) is 47.0 Å². The molecule has 1 aliphatic rings. The molecule has 1 amide bonds. The Bertz CT molecular complexity index is 1270. The van der Waals surface area contributed by atoms with Gasteiger partial charge < -0.3 is 9.80 Å². The van der Waals surface area contributed by atoms with E-state index in [1.54, 1.807) is 0 Å². The van der Waals surface area contributed by atoms with Crippen LogP contribution in [0.15, 0.2) is 77.3 Å². The van der Waals surface area contributed by atoms with E-state index in [0.717, 1.165) is 37.8 Å². The van der Waals surface area contributed by atoms with Gasteiger partial charge in [-0.05, 0) is 37.3 Å². The minimum Gasteiger partial charge on any atom is -0.337 e. The first-order valence-corrected chi connectivity index (χ1v) is 11.5. The van der Waals surface area contributed by atoms with Crippen molar-refractivity contribution in [3.8, 4) is 11.3 Å². The van der Waals surface area contributed by atoms with Gasteiger partial charge in [-0.3, -0.25) is 4.79 Å². The van der Waals surface area contributed by atoms with E-state index in [0.29, 0.717) is 32.1 Å². The van der Waals surface area contributed by atoms with Gasteiger partial charge in [0.2, 0.25) is 5.95 Å². The van der Waals surface area contributed by atoms with Crippen molar-refractivity contribution < 1.29 is 4.79 Å². The predicted molar refractivity (Wildman–Crippen MR) is 132 cm³/mol. The van der Waals surface area contributed by atoms with Gasteiger partial charge in [-0.15, -0.1) is 0 Å². The van der Waals surface area contributed by atoms with Gasteiger partial charge in [-0.2, -0.15) is 0 Å². The monoisotopic (exact) mass is 486 g/mol. The SMILES string of the molecule is Cc1ccc(C(=O)N2CCN(c3nc(-c4ccccc4)c4cc(Br)ccc4n3)CC2)cc1. The number of hydrogen-bond acceptors (Lipinski definition) is 4. The maximum atomic E-state index is 12.9. The Morgan fingerprint density at radius 1 is 0.875 bits per heavy atom. The lowest BCUT2D eigenvalue weighted by Gasteiger charge is -2.35.